The third-order valence-corrected chi connectivity index (χ3v) is 3.73. The molecule has 0 spiro atoms. The number of nitrogens with zero attached hydrogens (tertiary/aromatic N) is 1. The summed E-state index contributed by atoms with van der Waals surface area (Å²) in [6.07, 6.45) is 2.02. The van der Waals surface area contributed by atoms with Gasteiger partial charge in [0.25, 0.3) is 5.91 Å². The number of hydrogen-bond acceptors (Lipinski definition) is 4. The number of carbonyl (C=O) groups is 2. The summed E-state index contributed by atoms with van der Waals surface area (Å²) in [6, 6.07) is 19.5. The van der Waals surface area contributed by atoms with Gasteiger partial charge in [-0.15, -0.1) is 0 Å². The zero-order valence-corrected chi connectivity index (χ0v) is 13.4. The van der Waals surface area contributed by atoms with Crippen molar-refractivity contribution in [2.75, 3.05) is 18.1 Å². The van der Waals surface area contributed by atoms with E-state index < -0.39 is 5.97 Å². The number of carbonyl (C=O) groups excluding carboxylic acids is 2. The van der Waals surface area contributed by atoms with E-state index in [1.54, 1.807) is 0 Å². The van der Waals surface area contributed by atoms with Crippen LogP contribution in [0.2, 0.25) is 0 Å². The van der Waals surface area contributed by atoms with E-state index in [9.17, 15) is 9.59 Å². The number of nitrogens with one attached hydrogen (secondary N) is 1. The fourth-order valence-electron chi connectivity index (χ4n) is 2.37. The van der Waals surface area contributed by atoms with Crippen LogP contribution in [0, 0.1) is 0 Å². The zero-order chi connectivity index (χ0) is 16.8. The molecule has 0 aliphatic heterocycles. The first-order chi connectivity index (χ1) is 11.7. The molecule has 2 aromatic rings. The quantitative estimate of drug-likeness (QED) is 0.796. The van der Waals surface area contributed by atoms with E-state index in [0.29, 0.717) is 0 Å². The summed E-state index contributed by atoms with van der Waals surface area (Å²) in [4.78, 5) is 25.6. The predicted octanol–water partition coefficient (Wildman–Crippen LogP) is 2.65. The summed E-state index contributed by atoms with van der Waals surface area (Å²) in [5, 5.41) is 2.80. The van der Waals surface area contributed by atoms with Crippen LogP contribution in [0.1, 0.15) is 12.8 Å². The lowest BCUT2D eigenvalue weighted by Crippen LogP contribution is -2.33. The maximum absolute atomic E-state index is 12.2. The number of para-hydroxylation sites is 2. The number of hydrogen-bond donors (Lipinski definition) is 1. The van der Waals surface area contributed by atoms with Crippen LogP contribution in [-0.4, -0.2) is 31.1 Å². The molecule has 0 heterocycles. The van der Waals surface area contributed by atoms with Gasteiger partial charge < -0.3 is 15.0 Å². The first-order valence-corrected chi connectivity index (χ1v) is 8.05. The Hall–Kier alpha value is -2.82. The molecule has 5 heteroatoms. The van der Waals surface area contributed by atoms with Gasteiger partial charge in [-0.1, -0.05) is 36.4 Å². The Balaban J connectivity index is 1.63. The summed E-state index contributed by atoms with van der Waals surface area (Å²) in [5.74, 6) is -0.675. The number of anilines is 2. The first-order valence-electron chi connectivity index (χ1n) is 8.05. The Morgan fingerprint density at radius 1 is 0.958 bits per heavy atom. The van der Waals surface area contributed by atoms with Crippen LogP contribution in [-0.2, 0) is 14.3 Å². The van der Waals surface area contributed by atoms with Gasteiger partial charge in [0.05, 0.1) is 0 Å². The third-order valence-electron chi connectivity index (χ3n) is 3.73. The average molecular weight is 324 g/mol. The fraction of sp³-hybridized carbons (Fsp3) is 0.263. The van der Waals surface area contributed by atoms with E-state index in [2.05, 4.69) is 5.32 Å². The van der Waals surface area contributed by atoms with Crippen LogP contribution in [0.5, 0.6) is 0 Å². The van der Waals surface area contributed by atoms with Crippen LogP contribution in [0.3, 0.4) is 0 Å². The normalized spacial score (nSPS) is 13.2. The number of benzene rings is 2. The van der Waals surface area contributed by atoms with Crippen molar-refractivity contribution in [1.82, 2.24) is 5.32 Å². The molecule has 1 amide bonds. The van der Waals surface area contributed by atoms with Gasteiger partial charge >= 0.3 is 5.97 Å². The Bertz CT molecular complexity index is 645. The summed E-state index contributed by atoms with van der Waals surface area (Å²) in [6.45, 7) is -0.183. The van der Waals surface area contributed by atoms with Gasteiger partial charge in [-0.3, -0.25) is 9.59 Å². The monoisotopic (exact) mass is 324 g/mol. The summed E-state index contributed by atoms with van der Waals surface area (Å²) in [5.41, 5.74) is 1.78. The van der Waals surface area contributed by atoms with E-state index in [0.717, 1.165) is 24.2 Å². The lowest BCUT2D eigenvalue weighted by molar-refractivity contribution is -0.147. The van der Waals surface area contributed by atoms with E-state index in [-0.39, 0.29) is 25.1 Å². The van der Waals surface area contributed by atoms with Crippen molar-refractivity contribution in [3.63, 3.8) is 0 Å². The van der Waals surface area contributed by atoms with Crippen LogP contribution >= 0.6 is 0 Å². The van der Waals surface area contributed by atoms with Crippen molar-refractivity contribution in [2.24, 2.45) is 0 Å². The summed E-state index contributed by atoms with van der Waals surface area (Å²) >= 11 is 0. The Morgan fingerprint density at radius 2 is 1.50 bits per heavy atom. The second-order valence-corrected chi connectivity index (χ2v) is 5.76. The van der Waals surface area contributed by atoms with E-state index in [1.165, 1.54) is 0 Å². The number of ether oxygens (including phenoxy) is 1. The number of amides is 1. The van der Waals surface area contributed by atoms with Gasteiger partial charge in [0.2, 0.25) is 0 Å². The van der Waals surface area contributed by atoms with Crippen molar-refractivity contribution >= 4 is 23.3 Å². The van der Waals surface area contributed by atoms with E-state index >= 15 is 0 Å². The molecule has 0 radical (unpaired) electrons. The first kappa shape index (κ1) is 16.1. The van der Waals surface area contributed by atoms with Gasteiger partial charge in [0.1, 0.15) is 6.54 Å². The highest BCUT2D eigenvalue weighted by Gasteiger charge is 2.24. The molecule has 1 saturated carbocycles. The minimum Gasteiger partial charge on any atom is -0.454 e. The Morgan fingerprint density at radius 3 is 2.00 bits per heavy atom. The van der Waals surface area contributed by atoms with Gasteiger partial charge in [0.15, 0.2) is 6.61 Å². The number of esters is 1. The van der Waals surface area contributed by atoms with Crippen LogP contribution in [0.4, 0.5) is 11.4 Å². The smallest absolute Gasteiger partial charge is 0.326 e. The summed E-state index contributed by atoms with van der Waals surface area (Å²) < 4.78 is 5.11. The lowest BCUT2D eigenvalue weighted by atomic mass is 10.2. The zero-order valence-electron chi connectivity index (χ0n) is 13.4. The fourth-order valence-corrected chi connectivity index (χ4v) is 2.37. The van der Waals surface area contributed by atoms with E-state index in [1.807, 2.05) is 65.6 Å². The molecule has 0 unspecified atom stereocenters. The maximum atomic E-state index is 12.2. The Labute approximate surface area is 141 Å². The number of rotatable bonds is 7. The van der Waals surface area contributed by atoms with Gasteiger partial charge in [-0.25, -0.2) is 0 Å². The molecular weight excluding hydrogens is 304 g/mol. The molecule has 0 aromatic heterocycles. The van der Waals surface area contributed by atoms with Crippen molar-refractivity contribution in [3.8, 4) is 0 Å². The highest BCUT2D eigenvalue weighted by atomic mass is 16.5. The molecule has 2 aromatic carbocycles. The summed E-state index contributed by atoms with van der Waals surface area (Å²) in [7, 11) is 0. The molecule has 1 fully saturated rings. The second-order valence-electron chi connectivity index (χ2n) is 5.76. The van der Waals surface area contributed by atoms with Crippen LogP contribution in [0.25, 0.3) is 0 Å². The van der Waals surface area contributed by atoms with Gasteiger partial charge in [-0.05, 0) is 37.1 Å². The molecule has 0 bridgehead atoms. The third kappa shape index (κ3) is 4.59. The molecule has 1 aliphatic carbocycles. The van der Waals surface area contributed by atoms with Crippen molar-refractivity contribution in [2.45, 2.75) is 18.9 Å². The topological polar surface area (TPSA) is 58.6 Å². The van der Waals surface area contributed by atoms with Crippen LogP contribution in [0.15, 0.2) is 60.7 Å². The molecule has 124 valence electrons. The van der Waals surface area contributed by atoms with Crippen molar-refractivity contribution in [3.05, 3.63) is 60.7 Å². The van der Waals surface area contributed by atoms with Gasteiger partial charge in [-0.2, -0.15) is 0 Å². The maximum Gasteiger partial charge on any atom is 0.326 e. The molecule has 5 nitrogen and oxygen atoms in total. The standard InChI is InChI=1S/C19H20N2O3/c22-18(20-15-11-12-15)14-24-19(23)13-21(16-7-3-1-4-8-16)17-9-5-2-6-10-17/h1-10,15H,11-14H2,(H,20,22). The second kappa shape index (κ2) is 7.64. The predicted molar refractivity (Wildman–Crippen MR) is 92.0 cm³/mol. The highest BCUT2D eigenvalue weighted by molar-refractivity contribution is 5.84. The molecule has 24 heavy (non-hydrogen) atoms. The molecular formula is C19H20N2O3. The molecule has 0 saturated heterocycles. The minimum atomic E-state index is -0.436. The SMILES string of the molecule is O=C(COC(=O)CN(c1ccccc1)c1ccccc1)NC1CC1. The van der Waals surface area contributed by atoms with Gasteiger partial charge in [0, 0.05) is 17.4 Å². The average Bonchev–Trinajstić information content (AvgIpc) is 3.43. The highest BCUT2D eigenvalue weighted by Crippen LogP contribution is 2.24. The van der Waals surface area contributed by atoms with Crippen molar-refractivity contribution in [1.29, 1.82) is 0 Å². The molecule has 3 rings (SSSR count). The Kier molecular flexibility index (Phi) is 5.11. The molecule has 0 atom stereocenters. The molecule has 1 N–H and O–H groups in total. The van der Waals surface area contributed by atoms with Crippen LogP contribution < -0.4 is 10.2 Å². The largest absolute Gasteiger partial charge is 0.454 e. The molecule has 1 aliphatic rings. The van der Waals surface area contributed by atoms with E-state index in [4.69, 9.17) is 4.74 Å². The minimum absolute atomic E-state index is 0.0464. The van der Waals surface area contributed by atoms with Crippen molar-refractivity contribution < 1.29 is 14.3 Å². The lowest BCUT2D eigenvalue weighted by Gasteiger charge is -2.24.